The Morgan fingerprint density at radius 3 is 2.77 bits per heavy atom. The van der Waals surface area contributed by atoms with E-state index in [1.165, 1.54) is 32.1 Å². The molecule has 5 nitrogen and oxygen atoms in total. The average molecular weight is 439 g/mol. The molecule has 1 heterocycles. The van der Waals surface area contributed by atoms with Crippen LogP contribution in [0.25, 0.3) is 0 Å². The van der Waals surface area contributed by atoms with Crippen molar-refractivity contribution in [2.75, 3.05) is 25.4 Å². The zero-order valence-corrected chi connectivity index (χ0v) is 19.7. The molecule has 0 aromatic rings. The maximum Gasteiger partial charge on any atom is 0.220 e. The summed E-state index contributed by atoms with van der Waals surface area (Å²) in [6.07, 6.45) is 9.89. The number of hydrogen-bond donors (Lipinski definition) is 4. The van der Waals surface area contributed by atoms with Crippen molar-refractivity contribution in [2.24, 2.45) is 40.4 Å². The number of nitrogens with one attached hydrogen (secondary N) is 2. The summed E-state index contributed by atoms with van der Waals surface area (Å²) in [5.74, 6) is 3.79. The molecule has 1 saturated heterocycles. The van der Waals surface area contributed by atoms with E-state index in [-0.39, 0.29) is 12.0 Å². The lowest BCUT2D eigenvalue weighted by Gasteiger charge is -2.62. The molecule has 4 N–H and O–H groups in total. The van der Waals surface area contributed by atoms with Crippen LogP contribution in [-0.2, 0) is 4.79 Å². The fourth-order valence-electron chi connectivity index (χ4n) is 8.28. The van der Waals surface area contributed by atoms with Crippen molar-refractivity contribution in [3.63, 3.8) is 0 Å². The average Bonchev–Trinajstić information content (AvgIpc) is 3.05. The SMILES string of the molecule is CC12CCC3C(C(O)CC4CNCCC43C)C1CCC2CCCC(=O)NCCSO. The van der Waals surface area contributed by atoms with Gasteiger partial charge in [0.15, 0.2) is 0 Å². The highest BCUT2D eigenvalue weighted by Crippen LogP contribution is 2.66. The number of carbonyl (C=O) groups excluding carboxylic acids is 1. The number of amides is 1. The van der Waals surface area contributed by atoms with Crippen LogP contribution in [0.3, 0.4) is 0 Å². The number of carbonyl (C=O) groups is 1. The van der Waals surface area contributed by atoms with Crippen LogP contribution < -0.4 is 10.6 Å². The molecule has 0 bridgehead atoms. The Kier molecular flexibility index (Phi) is 7.08. The standard InChI is InChI=1S/C24H42N2O3S/c1-23-9-8-19-22(20(27)14-17-15-25-11-10-24(17,19)2)18(23)7-6-16(23)4-3-5-21(28)26-12-13-30-29/h16-20,22,25,27,29H,3-15H2,1-2H3,(H,26,28). The third-order valence-corrected chi connectivity index (χ3v) is 10.4. The molecule has 4 fully saturated rings. The molecule has 0 aromatic heterocycles. The lowest BCUT2D eigenvalue weighted by molar-refractivity contribution is -0.159. The number of fused-ring (bicyclic) bond motifs is 5. The molecule has 0 aromatic carbocycles. The van der Waals surface area contributed by atoms with Crippen LogP contribution in [0.15, 0.2) is 0 Å². The Hall–Kier alpha value is -0.300. The van der Waals surface area contributed by atoms with E-state index in [1.807, 2.05) is 0 Å². The van der Waals surface area contributed by atoms with Crippen LogP contribution in [0.5, 0.6) is 0 Å². The smallest absolute Gasteiger partial charge is 0.220 e. The molecule has 3 saturated carbocycles. The zero-order chi connectivity index (χ0) is 21.4. The van der Waals surface area contributed by atoms with Crippen molar-refractivity contribution >= 4 is 17.9 Å². The van der Waals surface area contributed by atoms with E-state index in [9.17, 15) is 9.90 Å². The maximum absolute atomic E-state index is 12.0. The Balaban J connectivity index is 1.38. The Bertz CT molecular complexity index is 619. The number of aliphatic hydroxyl groups excluding tert-OH is 1. The van der Waals surface area contributed by atoms with Crippen molar-refractivity contribution in [3.05, 3.63) is 0 Å². The van der Waals surface area contributed by atoms with E-state index in [1.54, 1.807) is 0 Å². The van der Waals surface area contributed by atoms with Crippen LogP contribution in [0.4, 0.5) is 0 Å². The highest BCUT2D eigenvalue weighted by molar-refractivity contribution is 7.93. The van der Waals surface area contributed by atoms with E-state index in [2.05, 4.69) is 24.5 Å². The molecular formula is C24H42N2O3S. The number of aliphatic hydroxyl groups is 1. The summed E-state index contributed by atoms with van der Waals surface area (Å²) in [4.78, 5) is 12.0. The van der Waals surface area contributed by atoms with Gasteiger partial charge in [-0.1, -0.05) is 13.8 Å². The minimum absolute atomic E-state index is 0.111. The predicted molar refractivity (Wildman–Crippen MR) is 122 cm³/mol. The van der Waals surface area contributed by atoms with Gasteiger partial charge in [0, 0.05) is 18.7 Å². The molecule has 172 valence electrons. The molecule has 4 rings (SSSR count). The summed E-state index contributed by atoms with van der Waals surface area (Å²) in [7, 11) is 0. The molecule has 8 unspecified atom stereocenters. The molecule has 1 aliphatic heterocycles. The van der Waals surface area contributed by atoms with Gasteiger partial charge in [-0.15, -0.1) is 0 Å². The largest absolute Gasteiger partial charge is 0.393 e. The van der Waals surface area contributed by atoms with Gasteiger partial charge in [0.1, 0.15) is 0 Å². The Morgan fingerprint density at radius 2 is 1.97 bits per heavy atom. The van der Waals surface area contributed by atoms with Crippen LogP contribution in [0.1, 0.15) is 71.6 Å². The lowest BCUT2D eigenvalue weighted by Crippen LogP contribution is -2.60. The normalized spacial score (nSPS) is 45.3. The molecule has 4 aliphatic rings. The van der Waals surface area contributed by atoms with Gasteiger partial charge in [-0.3, -0.25) is 4.79 Å². The first-order valence-electron chi connectivity index (χ1n) is 12.3. The third-order valence-electron chi connectivity index (χ3n) is 9.98. The maximum atomic E-state index is 12.0. The summed E-state index contributed by atoms with van der Waals surface area (Å²) in [5.41, 5.74) is 0.738. The van der Waals surface area contributed by atoms with Crippen LogP contribution >= 0.6 is 12.0 Å². The molecule has 0 radical (unpaired) electrons. The quantitative estimate of drug-likeness (QED) is 0.358. The summed E-state index contributed by atoms with van der Waals surface area (Å²) in [5, 5.41) is 17.7. The van der Waals surface area contributed by atoms with Gasteiger partial charge in [0.05, 0.1) is 6.10 Å². The van der Waals surface area contributed by atoms with Crippen molar-refractivity contribution in [1.29, 1.82) is 0 Å². The topological polar surface area (TPSA) is 81.6 Å². The summed E-state index contributed by atoms with van der Waals surface area (Å²) in [6, 6.07) is 0. The van der Waals surface area contributed by atoms with E-state index < -0.39 is 0 Å². The van der Waals surface area contributed by atoms with Crippen molar-refractivity contribution in [3.8, 4) is 0 Å². The van der Waals surface area contributed by atoms with E-state index >= 15 is 0 Å². The van der Waals surface area contributed by atoms with Gasteiger partial charge in [-0.05, 0) is 117 Å². The summed E-state index contributed by atoms with van der Waals surface area (Å²) < 4.78 is 8.76. The Labute approximate surface area is 186 Å². The first-order valence-corrected chi connectivity index (χ1v) is 13.3. The molecular weight excluding hydrogens is 396 g/mol. The van der Waals surface area contributed by atoms with Gasteiger partial charge < -0.3 is 20.3 Å². The fraction of sp³-hybridized carbons (Fsp3) is 0.958. The van der Waals surface area contributed by atoms with Crippen molar-refractivity contribution in [1.82, 2.24) is 10.6 Å². The van der Waals surface area contributed by atoms with Gasteiger partial charge in [0.2, 0.25) is 5.91 Å². The van der Waals surface area contributed by atoms with Gasteiger partial charge in [0.25, 0.3) is 0 Å². The first-order chi connectivity index (χ1) is 14.4. The molecule has 8 atom stereocenters. The van der Waals surface area contributed by atoms with Crippen LogP contribution in [0, 0.1) is 40.4 Å². The summed E-state index contributed by atoms with van der Waals surface area (Å²) in [6.45, 7) is 7.80. The minimum atomic E-state index is -0.133. The van der Waals surface area contributed by atoms with E-state index in [4.69, 9.17) is 4.55 Å². The predicted octanol–water partition coefficient (Wildman–Crippen LogP) is 3.92. The zero-order valence-electron chi connectivity index (χ0n) is 18.9. The van der Waals surface area contributed by atoms with E-state index in [0.29, 0.717) is 59.1 Å². The second kappa shape index (κ2) is 9.29. The van der Waals surface area contributed by atoms with Gasteiger partial charge in [-0.2, -0.15) is 0 Å². The Morgan fingerprint density at radius 1 is 1.17 bits per heavy atom. The van der Waals surface area contributed by atoms with Crippen LogP contribution in [-0.4, -0.2) is 47.1 Å². The molecule has 30 heavy (non-hydrogen) atoms. The number of rotatable bonds is 7. The lowest BCUT2D eigenvalue weighted by atomic mass is 9.45. The number of piperidine rings is 1. The fourth-order valence-corrected chi connectivity index (χ4v) is 8.47. The second-order valence-electron chi connectivity index (χ2n) is 11.1. The minimum Gasteiger partial charge on any atom is -0.393 e. The highest BCUT2D eigenvalue weighted by Gasteiger charge is 2.61. The summed E-state index contributed by atoms with van der Waals surface area (Å²) >= 11 is 0.777. The molecule has 0 spiro atoms. The number of hydrogen-bond acceptors (Lipinski definition) is 5. The molecule has 3 aliphatic carbocycles. The third kappa shape index (κ3) is 4.06. The van der Waals surface area contributed by atoms with Gasteiger partial charge >= 0.3 is 0 Å². The van der Waals surface area contributed by atoms with Crippen molar-refractivity contribution in [2.45, 2.75) is 77.7 Å². The molecule has 1 amide bonds. The second-order valence-corrected chi connectivity index (χ2v) is 11.8. The van der Waals surface area contributed by atoms with Crippen LogP contribution in [0.2, 0.25) is 0 Å². The highest BCUT2D eigenvalue weighted by atomic mass is 32.2. The van der Waals surface area contributed by atoms with E-state index in [0.717, 1.165) is 44.4 Å². The molecule has 6 heteroatoms. The van der Waals surface area contributed by atoms with Gasteiger partial charge in [-0.25, -0.2) is 0 Å². The van der Waals surface area contributed by atoms with Crippen molar-refractivity contribution < 1.29 is 14.5 Å². The first kappa shape index (κ1) is 22.9. The monoisotopic (exact) mass is 438 g/mol.